The van der Waals surface area contributed by atoms with E-state index >= 15 is 0 Å². The zero-order chi connectivity index (χ0) is 18.0. The van der Waals surface area contributed by atoms with Crippen molar-refractivity contribution in [1.29, 1.82) is 0 Å². The molecule has 0 saturated carbocycles. The predicted molar refractivity (Wildman–Crippen MR) is 92.4 cm³/mol. The second kappa shape index (κ2) is 7.13. The van der Waals surface area contributed by atoms with E-state index in [4.69, 9.17) is 4.42 Å². The van der Waals surface area contributed by atoms with Crippen LogP contribution in [0.4, 0.5) is 0 Å². The molecule has 134 valence electrons. The number of hydrogen-bond acceptors (Lipinski definition) is 4. The molecule has 3 rings (SSSR count). The molecule has 2 amide bonds. The smallest absolute Gasteiger partial charge is 0.289 e. The summed E-state index contributed by atoms with van der Waals surface area (Å²) in [5.41, 5.74) is 1.45. The first-order chi connectivity index (χ1) is 11.9. The topological polar surface area (TPSA) is 80.4 Å². The summed E-state index contributed by atoms with van der Waals surface area (Å²) in [5, 5.41) is 6.96. The Labute approximate surface area is 147 Å². The molecule has 1 aliphatic rings. The normalized spacial score (nSPS) is 15.4. The van der Waals surface area contributed by atoms with Gasteiger partial charge in [0.05, 0.1) is 11.8 Å². The third-order valence-corrected chi connectivity index (χ3v) is 4.66. The molecule has 25 heavy (non-hydrogen) atoms. The lowest BCUT2D eigenvalue weighted by molar-refractivity contribution is 0.0651. The minimum atomic E-state index is -0.103. The van der Waals surface area contributed by atoms with Gasteiger partial charge in [-0.2, -0.15) is 5.10 Å². The van der Waals surface area contributed by atoms with Crippen molar-refractivity contribution in [2.75, 3.05) is 19.6 Å². The zero-order valence-electron chi connectivity index (χ0n) is 14.9. The molecular weight excluding hydrogens is 320 g/mol. The summed E-state index contributed by atoms with van der Waals surface area (Å²) in [6.45, 7) is 5.73. The first-order valence-corrected chi connectivity index (χ1v) is 8.57. The Balaban J connectivity index is 1.48. The molecule has 0 radical (unpaired) electrons. The average molecular weight is 344 g/mol. The Hall–Kier alpha value is -2.57. The highest BCUT2D eigenvalue weighted by molar-refractivity contribution is 5.94. The largest absolute Gasteiger partial charge is 0.456 e. The Kier molecular flexibility index (Phi) is 4.92. The van der Waals surface area contributed by atoms with E-state index in [1.54, 1.807) is 24.1 Å². The molecule has 1 saturated heterocycles. The molecule has 2 aromatic rings. The van der Waals surface area contributed by atoms with Crippen LogP contribution in [0.5, 0.6) is 0 Å². The predicted octanol–water partition coefficient (Wildman–Crippen LogP) is 1.91. The van der Waals surface area contributed by atoms with Crippen LogP contribution in [-0.4, -0.2) is 46.1 Å². The van der Waals surface area contributed by atoms with Gasteiger partial charge in [-0.05, 0) is 38.7 Å². The maximum absolute atomic E-state index is 12.5. The van der Waals surface area contributed by atoms with Crippen LogP contribution >= 0.6 is 0 Å². The molecule has 1 fully saturated rings. The van der Waals surface area contributed by atoms with Gasteiger partial charge in [-0.15, -0.1) is 0 Å². The van der Waals surface area contributed by atoms with Gasteiger partial charge in [0, 0.05) is 38.4 Å². The molecule has 7 nitrogen and oxygen atoms in total. The molecule has 2 aromatic heterocycles. The van der Waals surface area contributed by atoms with Crippen molar-refractivity contribution in [2.24, 2.45) is 13.0 Å². The highest BCUT2D eigenvalue weighted by atomic mass is 16.4. The SMILES string of the molecule is Cc1cc(C)c(C(=O)N2CCC(CNC(=O)c3cnn(C)c3)CC2)o1. The second-order valence-electron chi connectivity index (χ2n) is 6.72. The van der Waals surface area contributed by atoms with E-state index in [9.17, 15) is 9.59 Å². The van der Waals surface area contributed by atoms with E-state index in [1.165, 1.54) is 0 Å². The fraction of sp³-hybridized carbons (Fsp3) is 0.500. The fourth-order valence-corrected chi connectivity index (χ4v) is 3.22. The molecule has 3 heterocycles. The number of hydrogen-bond donors (Lipinski definition) is 1. The third kappa shape index (κ3) is 3.92. The van der Waals surface area contributed by atoms with Gasteiger partial charge in [-0.3, -0.25) is 14.3 Å². The van der Waals surface area contributed by atoms with Crippen LogP contribution in [0.3, 0.4) is 0 Å². The van der Waals surface area contributed by atoms with Crippen LogP contribution in [0, 0.1) is 19.8 Å². The number of carbonyl (C=O) groups is 2. The molecule has 0 aromatic carbocycles. The number of rotatable bonds is 4. The van der Waals surface area contributed by atoms with Crippen LogP contribution in [-0.2, 0) is 7.05 Å². The molecule has 1 aliphatic heterocycles. The number of carbonyl (C=O) groups excluding carboxylic acids is 2. The lowest BCUT2D eigenvalue weighted by Crippen LogP contribution is -2.41. The quantitative estimate of drug-likeness (QED) is 0.919. The number of likely N-dealkylation sites (tertiary alicyclic amines) is 1. The lowest BCUT2D eigenvalue weighted by atomic mass is 9.96. The zero-order valence-corrected chi connectivity index (χ0v) is 14.9. The van der Waals surface area contributed by atoms with Crippen LogP contribution in [0.15, 0.2) is 22.9 Å². The maximum atomic E-state index is 12.5. The minimum Gasteiger partial charge on any atom is -0.456 e. The van der Waals surface area contributed by atoms with E-state index in [1.807, 2.05) is 24.8 Å². The molecule has 0 spiro atoms. The number of nitrogens with zero attached hydrogens (tertiary/aromatic N) is 3. The van der Waals surface area contributed by atoms with Crippen LogP contribution < -0.4 is 5.32 Å². The summed E-state index contributed by atoms with van der Waals surface area (Å²) in [4.78, 5) is 26.4. The highest BCUT2D eigenvalue weighted by Crippen LogP contribution is 2.21. The van der Waals surface area contributed by atoms with Gasteiger partial charge in [0.25, 0.3) is 11.8 Å². The highest BCUT2D eigenvalue weighted by Gasteiger charge is 2.26. The van der Waals surface area contributed by atoms with Crippen molar-refractivity contribution >= 4 is 11.8 Å². The Morgan fingerprint density at radius 2 is 2.04 bits per heavy atom. The second-order valence-corrected chi connectivity index (χ2v) is 6.72. The van der Waals surface area contributed by atoms with Gasteiger partial charge in [-0.1, -0.05) is 0 Å². The number of furan rings is 1. The Morgan fingerprint density at radius 3 is 2.60 bits per heavy atom. The monoisotopic (exact) mass is 344 g/mol. The summed E-state index contributed by atoms with van der Waals surface area (Å²) < 4.78 is 7.14. The van der Waals surface area contributed by atoms with Crippen LogP contribution in [0.2, 0.25) is 0 Å². The van der Waals surface area contributed by atoms with E-state index in [-0.39, 0.29) is 11.8 Å². The number of amides is 2. The maximum Gasteiger partial charge on any atom is 0.289 e. The summed E-state index contributed by atoms with van der Waals surface area (Å²) in [6, 6.07) is 1.88. The van der Waals surface area contributed by atoms with Gasteiger partial charge >= 0.3 is 0 Å². The standard InChI is InChI=1S/C18H24N4O3/c1-12-8-13(2)25-16(12)18(24)22-6-4-14(5-7-22)9-19-17(23)15-10-20-21(3)11-15/h8,10-11,14H,4-7,9H2,1-3H3,(H,19,23). The van der Waals surface area contributed by atoms with Crippen molar-refractivity contribution in [3.63, 3.8) is 0 Å². The van der Waals surface area contributed by atoms with Gasteiger partial charge in [0.15, 0.2) is 5.76 Å². The molecule has 7 heteroatoms. The average Bonchev–Trinajstić information content (AvgIpc) is 3.17. The van der Waals surface area contributed by atoms with Crippen molar-refractivity contribution in [1.82, 2.24) is 20.0 Å². The van der Waals surface area contributed by atoms with E-state index in [0.717, 1.165) is 24.2 Å². The van der Waals surface area contributed by atoms with E-state index < -0.39 is 0 Å². The van der Waals surface area contributed by atoms with Crippen molar-refractivity contribution in [2.45, 2.75) is 26.7 Å². The Morgan fingerprint density at radius 1 is 1.32 bits per heavy atom. The molecule has 0 aliphatic carbocycles. The van der Waals surface area contributed by atoms with Crippen LogP contribution in [0.1, 0.15) is 45.1 Å². The van der Waals surface area contributed by atoms with E-state index in [2.05, 4.69) is 10.4 Å². The molecule has 0 atom stereocenters. The molecular formula is C18H24N4O3. The third-order valence-electron chi connectivity index (χ3n) is 4.66. The summed E-state index contributed by atoms with van der Waals surface area (Å²) in [6.07, 6.45) is 5.00. The Bertz CT molecular complexity index is 769. The summed E-state index contributed by atoms with van der Waals surface area (Å²) in [5.74, 6) is 1.44. The van der Waals surface area contributed by atoms with E-state index in [0.29, 0.717) is 36.9 Å². The first kappa shape index (κ1) is 17.3. The fourth-order valence-electron chi connectivity index (χ4n) is 3.22. The number of aryl methyl sites for hydroxylation is 3. The summed E-state index contributed by atoms with van der Waals surface area (Å²) >= 11 is 0. The lowest BCUT2D eigenvalue weighted by Gasteiger charge is -2.31. The van der Waals surface area contributed by atoms with Gasteiger partial charge in [0.2, 0.25) is 0 Å². The minimum absolute atomic E-state index is 0.0385. The van der Waals surface area contributed by atoms with Crippen LogP contribution in [0.25, 0.3) is 0 Å². The van der Waals surface area contributed by atoms with Crippen molar-refractivity contribution in [3.8, 4) is 0 Å². The molecule has 1 N–H and O–H groups in total. The van der Waals surface area contributed by atoms with Crippen molar-refractivity contribution in [3.05, 3.63) is 41.1 Å². The summed E-state index contributed by atoms with van der Waals surface area (Å²) in [7, 11) is 1.78. The van der Waals surface area contributed by atoms with Gasteiger partial charge < -0.3 is 14.6 Å². The molecule has 0 unspecified atom stereocenters. The van der Waals surface area contributed by atoms with Gasteiger partial charge in [-0.25, -0.2) is 0 Å². The van der Waals surface area contributed by atoms with Gasteiger partial charge in [0.1, 0.15) is 5.76 Å². The first-order valence-electron chi connectivity index (χ1n) is 8.57. The molecule has 0 bridgehead atoms. The van der Waals surface area contributed by atoms with Crippen molar-refractivity contribution < 1.29 is 14.0 Å². The number of piperidine rings is 1. The number of nitrogens with one attached hydrogen (secondary N) is 1. The number of aromatic nitrogens is 2.